The van der Waals surface area contributed by atoms with Gasteiger partial charge < -0.3 is 15.0 Å². The second-order valence-corrected chi connectivity index (χ2v) is 3.15. The molecule has 0 saturated carbocycles. The fraction of sp³-hybridized carbons (Fsp3) is 0.769. The molecule has 4 nitrogen and oxygen atoms in total. The molecular weight excluding hydrogens is 216 g/mol. The summed E-state index contributed by atoms with van der Waals surface area (Å²) in [5.41, 5.74) is 0. The minimum Gasteiger partial charge on any atom is -0.461 e. The predicted molar refractivity (Wildman–Crippen MR) is 73.2 cm³/mol. The number of rotatable bonds is 9. The molecular formula is C13H28N2O2. The van der Waals surface area contributed by atoms with Gasteiger partial charge in [-0.15, -0.1) is 0 Å². The molecule has 0 spiro atoms. The molecule has 0 atom stereocenters. The normalized spacial score (nSPS) is 9.47. The zero-order chi connectivity index (χ0) is 13.5. The molecule has 0 fully saturated rings. The first-order chi connectivity index (χ1) is 8.24. The topological polar surface area (TPSA) is 41.6 Å². The summed E-state index contributed by atoms with van der Waals surface area (Å²) >= 11 is 0. The number of likely N-dealkylation sites (N-methyl/N-ethyl adjacent to an activating group) is 1. The number of nitrogens with zero attached hydrogens (tertiary/aromatic N) is 1. The molecule has 102 valence electrons. The van der Waals surface area contributed by atoms with Gasteiger partial charge in [0.1, 0.15) is 6.61 Å². The van der Waals surface area contributed by atoms with Crippen molar-refractivity contribution in [1.29, 1.82) is 0 Å². The van der Waals surface area contributed by atoms with Crippen LogP contribution in [0.4, 0.5) is 0 Å². The summed E-state index contributed by atoms with van der Waals surface area (Å²) in [6.07, 6.45) is 1.18. The van der Waals surface area contributed by atoms with E-state index in [-0.39, 0.29) is 5.97 Å². The van der Waals surface area contributed by atoms with Gasteiger partial charge in [-0.25, -0.2) is 4.79 Å². The minimum absolute atomic E-state index is 0.361. The second-order valence-electron chi connectivity index (χ2n) is 3.15. The summed E-state index contributed by atoms with van der Waals surface area (Å²) in [7, 11) is 0. The summed E-state index contributed by atoms with van der Waals surface area (Å²) in [6.45, 7) is 16.8. The standard InChI is InChI=1S/C11H22N2O2.C2H6/c1-4-11(14)15-10-8-12-7-9-13(5-2)6-3;1-2/h4,12H,1,5-10H2,2-3H3;1-2H3. The third-order valence-electron chi connectivity index (χ3n) is 2.19. The molecule has 0 amide bonds. The van der Waals surface area contributed by atoms with E-state index in [2.05, 4.69) is 30.6 Å². The number of hydrogen-bond donors (Lipinski definition) is 1. The van der Waals surface area contributed by atoms with Crippen LogP contribution in [0.25, 0.3) is 0 Å². The number of carbonyl (C=O) groups excluding carboxylic acids is 1. The fourth-order valence-electron chi connectivity index (χ4n) is 1.18. The zero-order valence-electron chi connectivity index (χ0n) is 11.8. The Hall–Kier alpha value is -0.870. The summed E-state index contributed by atoms with van der Waals surface area (Å²) in [6, 6.07) is 0. The third kappa shape index (κ3) is 13.1. The smallest absolute Gasteiger partial charge is 0.330 e. The Morgan fingerprint density at radius 1 is 1.29 bits per heavy atom. The molecule has 0 rings (SSSR count). The first kappa shape index (κ1) is 18.5. The molecule has 0 bridgehead atoms. The Morgan fingerprint density at radius 3 is 2.35 bits per heavy atom. The maximum absolute atomic E-state index is 10.7. The third-order valence-corrected chi connectivity index (χ3v) is 2.19. The van der Waals surface area contributed by atoms with Crippen molar-refractivity contribution in [3.05, 3.63) is 12.7 Å². The van der Waals surface area contributed by atoms with E-state index in [1.807, 2.05) is 13.8 Å². The highest BCUT2D eigenvalue weighted by Crippen LogP contribution is 1.84. The van der Waals surface area contributed by atoms with Crippen LogP contribution in [0, 0.1) is 0 Å². The van der Waals surface area contributed by atoms with Gasteiger partial charge in [0, 0.05) is 25.7 Å². The molecule has 0 aromatic rings. The number of hydrogen-bond acceptors (Lipinski definition) is 4. The van der Waals surface area contributed by atoms with Crippen molar-refractivity contribution in [2.24, 2.45) is 0 Å². The minimum atomic E-state index is -0.361. The largest absolute Gasteiger partial charge is 0.461 e. The first-order valence-electron chi connectivity index (χ1n) is 6.46. The summed E-state index contributed by atoms with van der Waals surface area (Å²) in [4.78, 5) is 13.0. The summed E-state index contributed by atoms with van der Waals surface area (Å²) in [5, 5.41) is 3.21. The number of nitrogens with one attached hydrogen (secondary N) is 1. The van der Waals surface area contributed by atoms with Gasteiger partial charge in [-0.05, 0) is 13.1 Å². The van der Waals surface area contributed by atoms with Crippen LogP contribution in [0.3, 0.4) is 0 Å². The van der Waals surface area contributed by atoms with Crippen molar-refractivity contribution in [3.8, 4) is 0 Å². The van der Waals surface area contributed by atoms with Crippen LogP contribution < -0.4 is 5.32 Å². The van der Waals surface area contributed by atoms with Crippen molar-refractivity contribution >= 4 is 5.97 Å². The van der Waals surface area contributed by atoms with E-state index in [0.29, 0.717) is 13.2 Å². The highest BCUT2D eigenvalue weighted by atomic mass is 16.5. The quantitative estimate of drug-likeness (QED) is 0.380. The van der Waals surface area contributed by atoms with Gasteiger partial charge >= 0.3 is 5.97 Å². The maximum atomic E-state index is 10.7. The molecule has 4 heteroatoms. The van der Waals surface area contributed by atoms with Crippen LogP contribution >= 0.6 is 0 Å². The second kappa shape index (κ2) is 15.1. The Kier molecular flexibility index (Phi) is 16.5. The van der Waals surface area contributed by atoms with Crippen molar-refractivity contribution in [2.45, 2.75) is 27.7 Å². The average Bonchev–Trinajstić information content (AvgIpc) is 2.40. The van der Waals surface area contributed by atoms with Crippen LogP contribution in [0.15, 0.2) is 12.7 Å². The molecule has 0 aromatic heterocycles. The highest BCUT2D eigenvalue weighted by Gasteiger charge is 1.98. The van der Waals surface area contributed by atoms with Crippen LogP contribution in [0.5, 0.6) is 0 Å². The monoisotopic (exact) mass is 244 g/mol. The van der Waals surface area contributed by atoms with E-state index in [1.165, 1.54) is 6.08 Å². The Morgan fingerprint density at radius 2 is 1.88 bits per heavy atom. The molecule has 0 aliphatic rings. The van der Waals surface area contributed by atoms with Gasteiger partial charge in [0.15, 0.2) is 0 Å². The van der Waals surface area contributed by atoms with Gasteiger partial charge in [0.2, 0.25) is 0 Å². The Labute approximate surface area is 106 Å². The van der Waals surface area contributed by atoms with Gasteiger partial charge in [-0.2, -0.15) is 0 Å². The van der Waals surface area contributed by atoms with Crippen molar-refractivity contribution in [3.63, 3.8) is 0 Å². The molecule has 1 N–H and O–H groups in total. The van der Waals surface area contributed by atoms with Crippen LogP contribution in [-0.2, 0) is 9.53 Å². The van der Waals surface area contributed by atoms with Gasteiger partial charge in [0.05, 0.1) is 0 Å². The van der Waals surface area contributed by atoms with Gasteiger partial charge in [-0.3, -0.25) is 0 Å². The Balaban J connectivity index is 0. The summed E-state index contributed by atoms with van der Waals surface area (Å²) in [5.74, 6) is -0.361. The zero-order valence-corrected chi connectivity index (χ0v) is 11.8. The molecule has 0 saturated heterocycles. The lowest BCUT2D eigenvalue weighted by Crippen LogP contribution is -2.33. The number of esters is 1. The molecule has 0 aliphatic carbocycles. The van der Waals surface area contributed by atoms with Crippen LogP contribution in [0.2, 0.25) is 0 Å². The predicted octanol–water partition coefficient (Wildman–Crippen LogP) is 1.67. The van der Waals surface area contributed by atoms with Crippen molar-refractivity contribution in [1.82, 2.24) is 10.2 Å². The van der Waals surface area contributed by atoms with Crippen LogP contribution in [0.1, 0.15) is 27.7 Å². The van der Waals surface area contributed by atoms with E-state index in [9.17, 15) is 4.79 Å². The molecule has 0 radical (unpaired) electrons. The van der Waals surface area contributed by atoms with E-state index >= 15 is 0 Å². The number of carbonyl (C=O) groups is 1. The highest BCUT2D eigenvalue weighted by molar-refractivity contribution is 5.81. The molecule has 0 aromatic carbocycles. The van der Waals surface area contributed by atoms with Gasteiger partial charge in [-0.1, -0.05) is 34.3 Å². The van der Waals surface area contributed by atoms with E-state index in [1.54, 1.807) is 0 Å². The molecule has 0 aliphatic heterocycles. The van der Waals surface area contributed by atoms with Gasteiger partial charge in [0.25, 0.3) is 0 Å². The fourth-order valence-corrected chi connectivity index (χ4v) is 1.18. The Bertz CT molecular complexity index is 180. The van der Waals surface area contributed by atoms with E-state index in [4.69, 9.17) is 4.74 Å². The molecule has 0 heterocycles. The van der Waals surface area contributed by atoms with Crippen molar-refractivity contribution in [2.75, 3.05) is 39.3 Å². The SMILES string of the molecule is C=CC(=O)OCCNCCN(CC)CC.CC. The average molecular weight is 244 g/mol. The van der Waals surface area contributed by atoms with E-state index < -0.39 is 0 Å². The lowest BCUT2D eigenvalue weighted by molar-refractivity contribution is -0.137. The number of ether oxygens (including phenoxy) is 1. The van der Waals surface area contributed by atoms with Crippen molar-refractivity contribution < 1.29 is 9.53 Å². The van der Waals surface area contributed by atoms with Crippen LogP contribution in [-0.4, -0.2) is 50.2 Å². The molecule has 17 heavy (non-hydrogen) atoms. The van der Waals surface area contributed by atoms with E-state index in [0.717, 1.165) is 26.2 Å². The summed E-state index contributed by atoms with van der Waals surface area (Å²) < 4.78 is 4.82. The molecule has 0 unspecified atom stereocenters. The maximum Gasteiger partial charge on any atom is 0.330 e. The lowest BCUT2D eigenvalue weighted by Gasteiger charge is -2.17. The lowest BCUT2D eigenvalue weighted by atomic mass is 10.4. The first-order valence-corrected chi connectivity index (χ1v) is 6.46.